The number of esters is 3. The Hall–Kier alpha value is -2.41. The Balaban J connectivity index is 4.54. The molecule has 164 valence electrons. The molecule has 0 aliphatic heterocycles. The van der Waals surface area contributed by atoms with Gasteiger partial charge >= 0.3 is 17.9 Å². The molecule has 0 aromatic rings. The maximum atomic E-state index is 11.4. The molecule has 0 aromatic carbocycles. The first kappa shape index (κ1) is 26.6. The quantitative estimate of drug-likeness (QED) is 0.191. The van der Waals surface area contributed by atoms with E-state index in [0.29, 0.717) is 55.2 Å². The predicted octanol–water partition coefficient (Wildman–Crippen LogP) is 3.42. The molecular formula is C22H34O7. The molecule has 0 heterocycles. The van der Waals surface area contributed by atoms with Crippen molar-refractivity contribution in [3.05, 3.63) is 36.5 Å². The van der Waals surface area contributed by atoms with Crippen molar-refractivity contribution >= 4 is 17.9 Å². The van der Waals surface area contributed by atoms with Gasteiger partial charge in [0, 0.05) is 16.7 Å². The second kappa shape index (κ2) is 13.7. The summed E-state index contributed by atoms with van der Waals surface area (Å²) in [6, 6.07) is 0. The van der Waals surface area contributed by atoms with Crippen LogP contribution in [0, 0.1) is 0 Å². The van der Waals surface area contributed by atoms with E-state index < -0.39 is 23.5 Å². The Kier molecular flexibility index (Phi) is 12.6. The largest absolute Gasteiger partial charge is 0.462 e. The number of aliphatic hydroxyl groups is 1. The second-order valence-corrected chi connectivity index (χ2v) is 7.28. The van der Waals surface area contributed by atoms with E-state index in [1.165, 1.54) is 0 Å². The van der Waals surface area contributed by atoms with E-state index in [1.807, 2.05) is 0 Å². The van der Waals surface area contributed by atoms with Gasteiger partial charge < -0.3 is 19.3 Å². The van der Waals surface area contributed by atoms with Gasteiger partial charge in [-0.15, -0.1) is 0 Å². The fraction of sp³-hybridized carbons (Fsp3) is 0.591. The molecule has 0 bridgehead atoms. The molecule has 0 spiro atoms. The van der Waals surface area contributed by atoms with Crippen molar-refractivity contribution in [2.45, 2.75) is 64.9 Å². The van der Waals surface area contributed by atoms with Crippen molar-refractivity contribution in [1.29, 1.82) is 0 Å². The van der Waals surface area contributed by atoms with Gasteiger partial charge in [-0.2, -0.15) is 0 Å². The lowest BCUT2D eigenvalue weighted by Crippen LogP contribution is -2.30. The first-order valence-electron chi connectivity index (χ1n) is 9.69. The minimum Gasteiger partial charge on any atom is -0.462 e. The van der Waals surface area contributed by atoms with Crippen LogP contribution in [0.4, 0.5) is 0 Å². The van der Waals surface area contributed by atoms with Gasteiger partial charge in [-0.05, 0) is 59.3 Å². The lowest BCUT2D eigenvalue weighted by molar-refractivity contribution is -0.139. The third-order valence-corrected chi connectivity index (χ3v) is 4.10. The van der Waals surface area contributed by atoms with E-state index >= 15 is 0 Å². The summed E-state index contributed by atoms with van der Waals surface area (Å²) >= 11 is 0. The highest BCUT2D eigenvalue weighted by atomic mass is 16.5. The summed E-state index contributed by atoms with van der Waals surface area (Å²) in [6.45, 7) is 15.8. The Bertz CT molecular complexity index is 535. The summed E-state index contributed by atoms with van der Waals surface area (Å²) in [5.74, 6) is -1.40. The highest BCUT2D eigenvalue weighted by Crippen LogP contribution is 2.25. The molecule has 0 aliphatic carbocycles. The topological polar surface area (TPSA) is 99.1 Å². The average Bonchev–Trinajstić information content (AvgIpc) is 2.65. The van der Waals surface area contributed by atoms with E-state index in [9.17, 15) is 19.5 Å². The van der Waals surface area contributed by atoms with Gasteiger partial charge in [-0.25, -0.2) is 14.4 Å². The SMILES string of the molecule is C=C(C)C(=O)OCCCC(O)(CCCOC(=O)C(=C)C)CCCOC(=O)C(=C)C. The van der Waals surface area contributed by atoms with Gasteiger partial charge in [0.15, 0.2) is 0 Å². The Morgan fingerprint density at radius 3 is 1.10 bits per heavy atom. The zero-order valence-electron chi connectivity index (χ0n) is 17.9. The van der Waals surface area contributed by atoms with Crippen LogP contribution in [0.25, 0.3) is 0 Å². The molecule has 0 saturated heterocycles. The van der Waals surface area contributed by atoms with E-state index in [4.69, 9.17) is 14.2 Å². The summed E-state index contributed by atoms with van der Waals surface area (Å²) in [6.07, 6.45) is 2.56. The summed E-state index contributed by atoms with van der Waals surface area (Å²) in [7, 11) is 0. The zero-order valence-corrected chi connectivity index (χ0v) is 17.9. The van der Waals surface area contributed by atoms with Crippen LogP contribution in [0.5, 0.6) is 0 Å². The van der Waals surface area contributed by atoms with Crippen molar-refractivity contribution in [3.63, 3.8) is 0 Å². The molecular weight excluding hydrogens is 376 g/mol. The van der Waals surface area contributed by atoms with Gasteiger partial charge in [-0.3, -0.25) is 0 Å². The number of rotatable bonds is 15. The molecule has 7 heteroatoms. The average molecular weight is 411 g/mol. The van der Waals surface area contributed by atoms with Crippen LogP contribution in [0.15, 0.2) is 36.5 Å². The summed E-state index contributed by atoms with van der Waals surface area (Å²) in [4.78, 5) is 34.3. The summed E-state index contributed by atoms with van der Waals surface area (Å²) in [5, 5.41) is 11.0. The van der Waals surface area contributed by atoms with Gasteiger partial charge in [-0.1, -0.05) is 19.7 Å². The molecule has 0 rings (SSSR count). The minimum absolute atomic E-state index is 0.170. The minimum atomic E-state index is -1.05. The second-order valence-electron chi connectivity index (χ2n) is 7.28. The van der Waals surface area contributed by atoms with Crippen molar-refractivity contribution in [2.24, 2.45) is 0 Å². The van der Waals surface area contributed by atoms with Crippen LogP contribution >= 0.6 is 0 Å². The van der Waals surface area contributed by atoms with Crippen LogP contribution < -0.4 is 0 Å². The number of carbonyl (C=O) groups is 3. The molecule has 0 amide bonds. The first-order chi connectivity index (χ1) is 13.5. The predicted molar refractivity (Wildman–Crippen MR) is 110 cm³/mol. The molecule has 7 nitrogen and oxygen atoms in total. The van der Waals surface area contributed by atoms with Crippen LogP contribution in [-0.4, -0.2) is 48.4 Å². The molecule has 0 aromatic heterocycles. The van der Waals surface area contributed by atoms with Crippen LogP contribution in [0.2, 0.25) is 0 Å². The van der Waals surface area contributed by atoms with Crippen LogP contribution in [-0.2, 0) is 28.6 Å². The lowest BCUT2D eigenvalue weighted by atomic mass is 9.88. The molecule has 0 fully saturated rings. The Morgan fingerprint density at radius 1 is 0.655 bits per heavy atom. The number of hydrogen-bond acceptors (Lipinski definition) is 7. The molecule has 1 N–H and O–H groups in total. The highest BCUT2D eigenvalue weighted by molar-refractivity contribution is 5.87. The van der Waals surface area contributed by atoms with Gasteiger partial charge in [0.1, 0.15) is 0 Å². The first-order valence-corrected chi connectivity index (χ1v) is 9.69. The van der Waals surface area contributed by atoms with E-state index in [1.54, 1.807) is 20.8 Å². The normalized spacial score (nSPS) is 10.8. The molecule has 0 aliphatic rings. The fourth-order valence-corrected chi connectivity index (χ4v) is 2.44. The number of hydrogen-bond donors (Lipinski definition) is 1. The Morgan fingerprint density at radius 2 is 0.897 bits per heavy atom. The van der Waals surface area contributed by atoms with Crippen molar-refractivity contribution in [2.75, 3.05) is 19.8 Å². The highest BCUT2D eigenvalue weighted by Gasteiger charge is 2.26. The van der Waals surface area contributed by atoms with Crippen molar-refractivity contribution in [3.8, 4) is 0 Å². The summed E-state index contributed by atoms with van der Waals surface area (Å²) in [5.41, 5.74) is -0.0993. The fourth-order valence-electron chi connectivity index (χ4n) is 2.44. The third-order valence-electron chi connectivity index (χ3n) is 4.10. The van der Waals surface area contributed by atoms with Crippen molar-refractivity contribution < 1.29 is 33.7 Å². The van der Waals surface area contributed by atoms with Crippen LogP contribution in [0.3, 0.4) is 0 Å². The smallest absolute Gasteiger partial charge is 0.333 e. The van der Waals surface area contributed by atoms with Crippen LogP contribution in [0.1, 0.15) is 59.3 Å². The zero-order chi connectivity index (χ0) is 22.4. The third kappa shape index (κ3) is 12.6. The van der Waals surface area contributed by atoms with Gasteiger partial charge in [0.25, 0.3) is 0 Å². The van der Waals surface area contributed by atoms with E-state index in [-0.39, 0.29) is 19.8 Å². The lowest BCUT2D eigenvalue weighted by Gasteiger charge is -2.28. The monoisotopic (exact) mass is 410 g/mol. The maximum absolute atomic E-state index is 11.4. The molecule has 0 atom stereocenters. The summed E-state index contributed by atoms with van der Waals surface area (Å²) < 4.78 is 15.2. The number of carbonyl (C=O) groups excluding carboxylic acids is 3. The number of ether oxygens (including phenoxy) is 3. The maximum Gasteiger partial charge on any atom is 0.333 e. The molecule has 29 heavy (non-hydrogen) atoms. The van der Waals surface area contributed by atoms with Gasteiger partial charge in [0.05, 0.1) is 25.4 Å². The molecule has 0 saturated carbocycles. The van der Waals surface area contributed by atoms with E-state index in [0.717, 1.165) is 0 Å². The Labute approximate surface area is 173 Å². The molecule has 0 unspecified atom stereocenters. The van der Waals surface area contributed by atoms with Gasteiger partial charge in [0.2, 0.25) is 0 Å². The molecule has 0 radical (unpaired) electrons. The van der Waals surface area contributed by atoms with Crippen molar-refractivity contribution in [1.82, 2.24) is 0 Å². The standard InChI is InChI=1S/C22H34O7/c1-16(2)19(23)27-13-7-10-22(26,11-8-14-28-20(24)17(3)4)12-9-15-29-21(25)18(5)6/h26H,1,3,5,7-15H2,2,4,6H3. The van der Waals surface area contributed by atoms with E-state index in [2.05, 4.69) is 19.7 Å².